The molecular formula is C19H21BrN2O. The molecule has 0 aliphatic heterocycles. The molecule has 1 heterocycles. The SMILES string of the molecule is O=C(NC12CC3CC(CC(C3)C1)C2)c1[nH]c2ccccc2c1Br. The molecule has 4 bridgehead atoms. The van der Waals surface area contributed by atoms with Gasteiger partial charge in [-0.2, -0.15) is 0 Å². The summed E-state index contributed by atoms with van der Waals surface area (Å²) in [5, 5.41) is 4.51. The number of carbonyl (C=O) groups is 1. The molecule has 3 nitrogen and oxygen atoms in total. The fraction of sp³-hybridized carbons (Fsp3) is 0.526. The number of hydrogen-bond acceptors (Lipinski definition) is 1. The molecule has 4 heteroatoms. The van der Waals surface area contributed by atoms with E-state index in [9.17, 15) is 4.79 Å². The number of benzene rings is 1. The summed E-state index contributed by atoms with van der Waals surface area (Å²) in [4.78, 5) is 16.2. The molecule has 1 amide bonds. The van der Waals surface area contributed by atoms with E-state index in [0.717, 1.165) is 33.1 Å². The first kappa shape index (κ1) is 14.1. The lowest BCUT2D eigenvalue weighted by atomic mass is 9.53. The van der Waals surface area contributed by atoms with Crippen molar-refractivity contribution >= 4 is 32.7 Å². The molecule has 4 aliphatic carbocycles. The summed E-state index contributed by atoms with van der Waals surface area (Å²) in [7, 11) is 0. The summed E-state index contributed by atoms with van der Waals surface area (Å²) in [5.41, 5.74) is 1.74. The molecule has 0 atom stereocenters. The maximum absolute atomic E-state index is 12.9. The number of nitrogens with one attached hydrogen (secondary N) is 2. The Morgan fingerprint density at radius 1 is 1.09 bits per heavy atom. The van der Waals surface area contributed by atoms with E-state index in [4.69, 9.17) is 0 Å². The average Bonchev–Trinajstić information content (AvgIpc) is 2.83. The van der Waals surface area contributed by atoms with Gasteiger partial charge in [0.2, 0.25) is 0 Å². The molecule has 4 aliphatic rings. The number of para-hydroxylation sites is 1. The maximum atomic E-state index is 12.9. The van der Waals surface area contributed by atoms with Gasteiger partial charge in [-0.05, 0) is 78.3 Å². The van der Waals surface area contributed by atoms with Crippen molar-refractivity contribution < 1.29 is 4.79 Å². The molecule has 0 radical (unpaired) electrons. The molecule has 1 aromatic heterocycles. The van der Waals surface area contributed by atoms with Gasteiger partial charge in [0, 0.05) is 16.4 Å². The van der Waals surface area contributed by atoms with E-state index in [0.29, 0.717) is 5.69 Å². The van der Waals surface area contributed by atoms with Crippen LogP contribution >= 0.6 is 15.9 Å². The van der Waals surface area contributed by atoms with Gasteiger partial charge in [-0.3, -0.25) is 4.79 Å². The van der Waals surface area contributed by atoms with E-state index in [1.165, 1.54) is 38.5 Å². The number of H-pyrrole nitrogens is 1. The van der Waals surface area contributed by atoms with E-state index in [1.807, 2.05) is 24.3 Å². The maximum Gasteiger partial charge on any atom is 0.269 e. The van der Waals surface area contributed by atoms with Crippen LogP contribution in [-0.2, 0) is 0 Å². The number of aromatic amines is 1. The quantitative estimate of drug-likeness (QED) is 0.792. The Hall–Kier alpha value is -1.29. The first-order chi connectivity index (χ1) is 11.1. The van der Waals surface area contributed by atoms with Crippen LogP contribution in [-0.4, -0.2) is 16.4 Å². The standard InChI is InChI=1S/C19H21BrN2O/c20-16-14-3-1-2-4-15(14)21-17(16)18(23)22-19-8-11-5-12(9-19)7-13(6-11)10-19/h1-4,11-13,21H,5-10H2,(H,22,23). The molecule has 2 N–H and O–H groups in total. The van der Waals surface area contributed by atoms with Crippen molar-refractivity contribution in [2.75, 3.05) is 0 Å². The molecule has 0 saturated heterocycles. The lowest BCUT2D eigenvalue weighted by Gasteiger charge is -2.56. The minimum Gasteiger partial charge on any atom is -0.350 e. The Morgan fingerprint density at radius 2 is 1.70 bits per heavy atom. The fourth-order valence-electron chi connectivity index (χ4n) is 5.83. The minimum atomic E-state index is 0.0509. The lowest BCUT2D eigenvalue weighted by Crippen LogP contribution is -2.59. The van der Waals surface area contributed by atoms with Crippen LogP contribution < -0.4 is 5.32 Å². The third-order valence-electron chi connectivity index (χ3n) is 6.29. The van der Waals surface area contributed by atoms with Gasteiger partial charge in [0.05, 0.1) is 4.47 Å². The number of hydrogen-bond donors (Lipinski definition) is 2. The highest BCUT2D eigenvalue weighted by molar-refractivity contribution is 9.10. The minimum absolute atomic E-state index is 0.0509. The van der Waals surface area contributed by atoms with Crippen molar-refractivity contribution in [3.63, 3.8) is 0 Å². The first-order valence-electron chi connectivity index (χ1n) is 8.71. The summed E-state index contributed by atoms with van der Waals surface area (Å²) in [5.74, 6) is 2.57. The van der Waals surface area contributed by atoms with Gasteiger partial charge in [-0.1, -0.05) is 18.2 Å². The highest BCUT2D eigenvalue weighted by Gasteiger charge is 2.51. The number of halogens is 1. The first-order valence-corrected chi connectivity index (χ1v) is 9.50. The normalized spacial score (nSPS) is 34.9. The molecule has 2 aromatic rings. The van der Waals surface area contributed by atoms with Crippen molar-refractivity contribution in [2.45, 2.75) is 44.1 Å². The zero-order valence-electron chi connectivity index (χ0n) is 13.1. The smallest absolute Gasteiger partial charge is 0.269 e. The van der Waals surface area contributed by atoms with Gasteiger partial charge in [-0.15, -0.1) is 0 Å². The van der Waals surface area contributed by atoms with Crippen LogP contribution in [0.2, 0.25) is 0 Å². The third-order valence-corrected chi connectivity index (χ3v) is 7.11. The van der Waals surface area contributed by atoms with E-state index < -0.39 is 0 Å². The Balaban J connectivity index is 1.46. The summed E-state index contributed by atoms with van der Waals surface area (Å²) in [6, 6.07) is 8.05. The number of fused-ring (bicyclic) bond motifs is 1. The molecule has 4 fully saturated rings. The largest absolute Gasteiger partial charge is 0.350 e. The van der Waals surface area contributed by atoms with Crippen molar-refractivity contribution in [2.24, 2.45) is 17.8 Å². The van der Waals surface area contributed by atoms with E-state index in [-0.39, 0.29) is 11.4 Å². The second-order valence-corrected chi connectivity index (χ2v) is 8.80. The lowest BCUT2D eigenvalue weighted by molar-refractivity contribution is -0.0167. The van der Waals surface area contributed by atoms with Crippen LogP contribution in [0.15, 0.2) is 28.7 Å². The number of carbonyl (C=O) groups excluding carboxylic acids is 1. The van der Waals surface area contributed by atoms with Crippen LogP contribution in [0.3, 0.4) is 0 Å². The highest BCUT2D eigenvalue weighted by atomic mass is 79.9. The molecule has 23 heavy (non-hydrogen) atoms. The van der Waals surface area contributed by atoms with Crippen molar-refractivity contribution in [1.29, 1.82) is 0 Å². The Labute approximate surface area is 144 Å². The van der Waals surface area contributed by atoms with Crippen LogP contribution in [0.25, 0.3) is 10.9 Å². The second-order valence-electron chi connectivity index (χ2n) is 8.01. The summed E-state index contributed by atoms with van der Waals surface area (Å²) >= 11 is 3.61. The van der Waals surface area contributed by atoms with Gasteiger partial charge in [0.15, 0.2) is 0 Å². The Morgan fingerprint density at radius 3 is 2.30 bits per heavy atom. The van der Waals surface area contributed by atoms with Gasteiger partial charge in [0.25, 0.3) is 5.91 Å². The molecule has 120 valence electrons. The molecule has 1 aromatic carbocycles. The van der Waals surface area contributed by atoms with Gasteiger partial charge >= 0.3 is 0 Å². The van der Waals surface area contributed by atoms with Crippen molar-refractivity contribution in [3.8, 4) is 0 Å². The van der Waals surface area contributed by atoms with Crippen LogP contribution in [0.1, 0.15) is 49.0 Å². The molecular weight excluding hydrogens is 352 g/mol. The summed E-state index contributed by atoms with van der Waals surface area (Å²) < 4.78 is 0.885. The topological polar surface area (TPSA) is 44.9 Å². The molecule has 0 spiro atoms. The third kappa shape index (κ3) is 2.18. The van der Waals surface area contributed by atoms with E-state index >= 15 is 0 Å². The highest BCUT2D eigenvalue weighted by Crippen LogP contribution is 2.55. The molecule has 0 unspecified atom stereocenters. The molecule has 6 rings (SSSR count). The summed E-state index contributed by atoms with van der Waals surface area (Å²) in [6.45, 7) is 0. The van der Waals surface area contributed by atoms with Crippen molar-refractivity contribution in [3.05, 3.63) is 34.4 Å². The summed E-state index contributed by atoms with van der Waals surface area (Å²) in [6.07, 6.45) is 7.73. The zero-order valence-corrected chi connectivity index (χ0v) is 14.7. The predicted octanol–water partition coefficient (Wildman–Crippen LogP) is 4.63. The fourth-order valence-corrected chi connectivity index (χ4v) is 6.46. The van der Waals surface area contributed by atoms with Crippen LogP contribution in [0.5, 0.6) is 0 Å². The molecule has 4 saturated carbocycles. The van der Waals surface area contributed by atoms with Gasteiger partial charge < -0.3 is 10.3 Å². The number of aromatic nitrogens is 1. The van der Waals surface area contributed by atoms with Gasteiger partial charge in [0.1, 0.15) is 5.69 Å². The Kier molecular flexibility index (Phi) is 2.97. The average molecular weight is 373 g/mol. The van der Waals surface area contributed by atoms with E-state index in [1.54, 1.807) is 0 Å². The Bertz CT molecular complexity index is 758. The second kappa shape index (κ2) is 4.85. The monoisotopic (exact) mass is 372 g/mol. The van der Waals surface area contributed by atoms with E-state index in [2.05, 4.69) is 26.2 Å². The van der Waals surface area contributed by atoms with Gasteiger partial charge in [-0.25, -0.2) is 0 Å². The number of rotatable bonds is 2. The van der Waals surface area contributed by atoms with Crippen molar-refractivity contribution in [1.82, 2.24) is 10.3 Å². The number of amides is 1. The van der Waals surface area contributed by atoms with Crippen LogP contribution in [0, 0.1) is 17.8 Å². The predicted molar refractivity (Wildman–Crippen MR) is 94.4 cm³/mol. The van der Waals surface area contributed by atoms with Crippen LogP contribution in [0.4, 0.5) is 0 Å². The zero-order chi connectivity index (χ0) is 15.6.